The van der Waals surface area contributed by atoms with Gasteiger partial charge in [-0.1, -0.05) is 145 Å². The van der Waals surface area contributed by atoms with E-state index >= 15 is 0 Å². The largest absolute Gasteiger partial charge is 0.455 e. The minimum atomic E-state index is -0.400. The van der Waals surface area contributed by atoms with Crippen molar-refractivity contribution in [1.82, 2.24) is 0 Å². The highest BCUT2D eigenvalue weighted by atomic mass is 16.3. The maximum Gasteiger partial charge on any atom is 0.143 e. The van der Waals surface area contributed by atoms with Gasteiger partial charge in [0.05, 0.1) is 6.85 Å². The van der Waals surface area contributed by atoms with Gasteiger partial charge in [0.15, 0.2) is 0 Å². The topological polar surface area (TPSA) is 13.1 Å². The van der Waals surface area contributed by atoms with E-state index in [1.807, 2.05) is 54.6 Å². The summed E-state index contributed by atoms with van der Waals surface area (Å²) in [5, 5.41) is 7.89. The maximum absolute atomic E-state index is 8.83. The van der Waals surface area contributed by atoms with Crippen LogP contribution in [-0.2, 0) is 0 Å². The van der Waals surface area contributed by atoms with E-state index in [2.05, 4.69) is 72.8 Å². The molecule has 1 nitrogen and oxygen atoms in total. The normalized spacial score (nSPS) is 13.3. The number of furan rings is 1. The third kappa shape index (κ3) is 3.65. The molecule has 200 valence electrons. The predicted molar refractivity (Wildman–Crippen MR) is 183 cm³/mol. The molecule has 0 bridgehead atoms. The van der Waals surface area contributed by atoms with Gasteiger partial charge in [0.25, 0.3) is 0 Å². The van der Waals surface area contributed by atoms with E-state index in [9.17, 15) is 0 Å². The lowest BCUT2D eigenvalue weighted by atomic mass is 9.86. The molecule has 0 radical (unpaired) electrons. The average molecular weight is 552 g/mol. The number of para-hydroxylation sites is 1. The third-order valence-corrected chi connectivity index (χ3v) is 8.55. The van der Waals surface area contributed by atoms with Crippen molar-refractivity contribution in [2.75, 3.05) is 0 Å². The fourth-order valence-electron chi connectivity index (χ4n) is 6.71. The summed E-state index contributed by atoms with van der Waals surface area (Å²) in [6.07, 6.45) is 0. The van der Waals surface area contributed by atoms with Crippen LogP contribution in [0.25, 0.3) is 87.6 Å². The Morgan fingerprint density at radius 1 is 0.419 bits per heavy atom. The highest BCUT2D eigenvalue weighted by molar-refractivity contribution is 6.22. The van der Waals surface area contributed by atoms with Crippen molar-refractivity contribution in [3.05, 3.63) is 158 Å². The molecule has 9 rings (SSSR count). The van der Waals surface area contributed by atoms with E-state index in [1.165, 1.54) is 10.8 Å². The van der Waals surface area contributed by atoms with Gasteiger partial charge < -0.3 is 4.42 Å². The van der Waals surface area contributed by atoms with E-state index in [0.717, 1.165) is 65.7 Å². The van der Waals surface area contributed by atoms with Gasteiger partial charge in [0.2, 0.25) is 0 Å². The zero-order valence-electron chi connectivity index (χ0n) is 28.0. The number of hydrogen-bond donors (Lipinski definition) is 0. The number of benzene rings is 8. The number of rotatable bonds is 3. The van der Waals surface area contributed by atoms with Gasteiger partial charge in [-0.2, -0.15) is 0 Å². The van der Waals surface area contributed by atoms with Crippen LogP contribution >= 0.6 is 0 Å². The second-order valence-corrected chi connectivity index (χ2v) is 10.9. The lowest BCUT2D eigenvalue weighted by molar-refractivity contribution is 0.670. The molecule has 0 N–H and O–H groups in total. The van der Waals surface area contributed by atoms with Crippen LogP contribution in [0, 0.1) is 0 Å². The van der Waals surface area contributed by atoms with Crippen molar-refractivity contribution in [3.8, 4) is 33.4 Å². The van der Waals surface area contributed by atoms with E-state index in [1.54, 1.807) is 0 Å². The summed E-state index contributed by atoms with van der Waals surface area (Å²) in [6.45, 7) is 0. The lowest BCUT2D eigenvalue weighted by Gasteiger charge is -2.17. The molecule has 0 unspecified atom stereocenters. The van der Waals surface area contributed by atoms with Gasteiger partial charge in [-0.25, -0.2) is 0 Å². The van der Waals surface area contributed by atoms with Crippen LogP contribution in [0.1, 0.15) is 6.85 Å². The Balaban J connectivity index is 1.33. The Kier molecular flexibility index (Phi) is 4.27. The van der Waals surface area contributed by atoms with E-state index in [4.69, 9.17) is 11.3 Å². The molecule has 9 aromatic rings. The van der Waals surface area contributed by atoms with E-state index in [0.29, 0.717) is 5.56 Å². The Morgan fingerprint density at radius 2 is 0.977 bits per heavy atom. The molecule has 0 aliphatic heterocycles. The minimum Gasteiger partial charge on any atom is -0.455 e. The Labute approximate surface area is 256 Å². The second kappa shape index (κ2) is 9.44. The zero-order chi connectivity index (χ0) is 32.7. The first-order valence-corrected chi connectivity index (χ1v) is 14.4. The standard InChI is InChI=1S/C42H26O/c1-2-13-28(14-3-1)40-32-17-6-8-19-34(32)41(35-20-9-7-18-33(35)40)29-24-25-39-38(26-29)37-23-11-22-36(42(37)43-39)31-21-10-15-27-12-4-5-16-30(27)31/h1-26H/i1D,2D,3D,13D,14D. The van der Waals surface area contributed by atoms with Gasteiger partial charge in [-0.15, -0.1) is 0 Å². The smallest absolute Gasteiger partial charge is 0.143 e. The molecule has 1 aromatic heterocycles. The molecule has 43 heavy (non-hydrogen) atoms. The quantitative estimate of drug-likeness (QED) is 0.199. The van der Waals surface area contributed by atoms with Gasteiger partial charge in [0, 0.05) is 16.3 Å². The van der Waals surface area contributed by atoms with Gasteiger partial charge >= 0.3 is 0 Å². The van der Waals surface area contributed by atoms with Crippen LogP contribution in [0.4, 0.5) is 0 Å². The summed E-state index contributed by atoms with van der Waals surface area (Å²) in [5.41, 5.74) is 6.66. The minimum absolute atomic E-state index is 0.206. The summed E-state index contributed by atoms with van der Waals surface area (Å²) in [6, 6.07) is 41.7. The molecule has 0 spiro atoms. The molecule has 0 saturated carbocycles. The van der Waals surface area contributed by atoms with Crippen molar-refractivity contribution in [1.29, 1.82) is 0 Å². The maximum atomic E-state index is 8.83. The molecule has 1 heterocycles. The van der Waals surface area contributed by atoms with E-state index in [-0.39, 0.29) is 29.7 Å². The van der Waals surface area contributed by atoms with Gasteiger partial charge in [-0.05, 0) is 72.3 Å². The monoisotopic (exact) mass is 551 g/mol. The first kappa shape index (κ1) is 19.5. The zero-order valence-corrected chi connectivity index (χ0v) is 23.0. The van der Waals surface area contributed by atoms with Crippen LogP contribution in [0.5, 0.6) is 0 Å². The van der Waals surface area contributed by atoms with Crippen LogP contribution in [0.15, 0.2) is 162 Å². The Bertz CT molecular complexity index is 2700. The Hall–Kier alpha value is -5.66. The summed E-state index contributed by atoms with van der Waals surface area (Å²) in [5.74, 6) is 0. The van der Waals surface area contributed by atoms with Crippen LogP contribution in [0.2, 0.25) is 0 Å². The van der Waals surface area contributed by atoms with Crippen molar-refractivity contribution in [2.45, 2.75) is 0 Å². The Morgan fingerprint density at radius 3 is 1.70 bits per heavy atom. The summed E-state index contributed by atoms with van der Waals surface area (Å²) in [4.78, 5) is 0. The number of hydrogen-bond acceptors (Lipinski definition) is 1. The highest BCUT2D eigenvalue weighted by Crippen LogP contribution is 2.45. The first-order chi connectivity index (χ1) is 23.4. The molecule has 0 atom stereocenters. The highest BCUT2D eigenvalue weighted by Gasteiger charge is 2.19. The number of fused-ring (bicyclic) bond motifs is 6. The molecular weight excluding hydrogens is 520 g/mol. The van der Waals surface area contributed by atoms with Gasteiger partial charge in [0.1, 0.15) is 11.2 Å². The third-order valence-electron chi connectivity index (χ3n) is 8.55. The molecule has 0 fully saturated rings. The molecule has 0 aliphatic rings. The van der Waals surface area contributed by atoms with Crippen molar-refractivity contribution in [2.24, 2.45) is 0 Å². The molecule has 1 heteroatoms. The van der Waals surface area contributed by atoms with Crippen molar-refractivity contribution >= 4 is 54.3 Å². The molecular formula is C42H26O. The molecule has 8 aromatic carbocycles. The summed E-state index contributed by atoms with van der Waals surface area (Å²) in [7, 11) is 0. The lowest BCUT2D eigenvalue weighted by Crippen LogP contribution is -1.90. The fraction of sp³-hybridized carbons (Fsp3) is 0. The first-order valence-electron chi connectivity index (χ1n) is 16.9. The van der Waals surface area contributed by atoms with Gasteiger partial charge in [-0.3, -0.25) is 0 Å². The summed E-state index contributed by atoms with van der Waals surface area (Å²) < 4.78 is 49.2. The van der Waals surface area contributed by atoms with Crippen molar-refractivity contribution < 1.29 is 11.3 Å². The second-order valence-electron chi connectivity index (χ2n) is 10.9. The average Bonchev–Trinajstić information content (AvgIpc) is 3.51. The van der Waals surface area contributed by atoms with E-state index < -0.39 is 6.04 Å². The fourth-order valence-corrected chi connectivity index (χ4v) is 6.71. The van der Waals surface area contributed by atoms with Crippen LogP contribution < -0.4 is 0 Å². The molecule has 0 saturated heterocycles. The van der Waals surface area contributed by atoms with Crippen LogP contribution in [-0.4, -0.2) is 0 Å². The van der Waals surface area contributed by atoms with Crippen molar-refractivity contribution in [3.63, 3.8) is 0 Å². The predicted octanol–water partition coefficient (Wildman–Crippen LogP) is 12.0. The molecule has 0 aliphatic carbocycles. The summed E-state index contributed by atoms with van der Waals surface area (Å²) >= 11 is 0. The molecule has 0 amide bonds. The van der Waals surface area contributed by atoms with Crippen LogP contribution in [0.3, 0.4) is 0 Å². The SMILES string of the molecule is [2H]c1c([2H])c([2H])c(-c2c3ccccc3c(-c3ccc4oc5c(-c6cccc7ccccc67)cccc5c4c3)c3ccccc23)c([2H])c1[2H].